The molecular formula is C17H25N5OS. The van der Waals surface area contributed by atoms with E-state index in [1.165, 1.54) is 5.56 Å². The average molecular weight is 347 g/mol. The summed E-state index contributed by atoms with van der Waals surface area (Å²) in [6.07, 6.45) is 0. The summed E-state index contributed by atoms with van der Waals surface area (Å²) in [6, 6.07) is 2.61. The predicted molar refractivity (Wildman–Crippen MR) is 96.2 cm³/mol. The van der Waals surface area contributed by atoms with Crippen LogP contribution >= 0.6 is 11.3 Å². The van der Waals surface area contributed by atoms with Gasteiger partial charge in [0.05, 0.1) is 5.69 Å². The van der Waals surface area contributed by atoms with Gasteiger partial charge in [0, 0.05) is 50.0 Å². The van der Waals surface area contributed by atoms with E-state index in [9.17, 15) is 4.79 Å². The molecule has 0 spiro atoms. The van der Waals surface area contributed by atoms with E-state index in [4.69, 9.17) is 0 Å². The Hall–Kier alpha value is -1.86. The van der Waals surface area contributed by atoms with E-state index < -0.39 is 0 Å². The van der Waals surface area contributed by atoms with Crippen LogP contribution in [0.3, 0.4) is 0 Å². The van der Waals surface area contributed by atoms with Gasteiger partial charge in [-0.25, -0.2) is 4.79 Å². The Kier molecular flexibility index (Phi) is 5.20. The Morgan fingerprint density at radius 3 is 2.71 bits per heavy atom. The minimum Gasteiger partial charge on any atom is -0.334 e. The fourth-order valence-corrected chi connectivity index (χ4v) is 3.89. The highest BCUT2D eigenvalue weighted by Crippen LogP contribution is 2.23. The number of piperazine rings is 1. The standard InChI is InChI=1S/C17H25N5OS/c1-12-16(13(2)20-19-12)10-18-17(23)22-7-5-21(6-8-22)14(3)15-4-9-24-11-15/h4,9,11,14H,5-8,10H2,1-3H3,(H,18,23)(H,19,20)/t14-/m0/s1. The van der Waals surface area contributed by atoms with Crippen molar-refractivity contribution in [3.05, 3.63) is 39.3 Å². The van der Waals surface area contributed by atoms with E-state index in [1.807, 2.05) is 18.7 Å². The number of carbonyl (C=O) groups excluding carboxylic acids is 1. The summed E-state index contributed by atoms with van der Waals surface area (Å²) in [5.41, 5.74) is 4.40. The number of amides is 2. The van der Waals surface area contributed by atoms with Crippen LogP contribution in [0.5, 0.6) is 0 Å². The SMILES string of the molecule is Cc1n[nH]c(C)c1CNC(=O)N1CCN([C@@H](C)c2ccsc2)CC1. The molecule has 1 saturated heterocycles. The number of urea groups is 1. The lowest BCUT2D eigenvalue weighted by atomic mass is 10.1. The molecular weight excluding hydrogens is 322 g/mol. The summed E-state index contributed by atoms with van der Waals surface area (Å²) in [5.74, 6) is 0. The molecule has 130 valence electrons. The number of hydrogen-bond acceptors (Lipinski definition) is 4. The number of rotatable bonds is 4. The predicted octanol–water partition coefficient (Wildman–Crippen LogP) is 2.68. The van der Waals surface area contributed by atoms with Crippen molar-refractivity contribution in [2.24, 2.45) is 0 Å². The molecule has 6 nitrogen and oxygen atoms in total. The zero-order valence-electron chi connectivity index (χ0n) is 14.5. The van der Waals surface area contributed by atoms with Gasteiger partial charge >= 0.3 is 6.03 Å². The molecule has 0 saturated carbocycles. The Labute approximate surface area is 146 Å². The highest BCUT2D eigenvalue weighted by atomic mass is 32.1. The third-order valence-electron chi connectivity index (χ3n) is 4.87. The monoisotopic (exact) mass is 347 g/mol. The third kappa shape index (κ3) is 3.62. The number of carbonyl (C=O) groups is 1. The van der Waals surface area contributed by atoms with Gasteiger partial charge < -0.3 is 10.2 Å². The second-order valence-corrected chi connectivity index (χ2v) is 7.11. The van der Waals surface area contributed by atoms with Crippen LogP contribution in [0.25, 0.3) is 0 Å². The lowest BCUT2D eigenvalue weighted by Gasteiger charge is -2.37. The summed E-state index contributed by atoms with van der Waals surface area (Å²) >= 11 is 1.74. The van der Waals surface area contributed by atoms with Crippen LogP contribution in [0.1, 0.15) is 35.5 Å². The summed E-state index contributed by atoms with van der Waals surface area (Å²) < 4.78 is 0. The third-order valence-corrected chi connectivity index (χ3v) is 5.57. The molecule has 24 heavy (non-hydrogen) atoms. The fourth-order valence-electron chi connectivity index (χ4n) is 3.15. The fraction of sp³-hybridized carbons (Fsp3) is 0.529. The van der Waals surface area contributed by atoms with Crippen molar-refractivity contribution in [2.45, 2.75) is 33.4 Å². The molecule has 2 aromatic heterocycles. The van der Waals surface area contributed by atoms with Crippen molar-refractivity contribution in [1.29, 1.82) is 0 Å². The number of nitrogens with one attached hydrogen (secondary N) is 2. The van der Waals surface area contributed by atoms with Crippen molar-refractivity contribution >= 4 is 17.4 Å². The van der Waals surface area contributed by atoms with E-state index >= 15 is 0 Å². The van der Waals surface area contributed by atoms with Crippen molar-refractivity contribution in [2.75, 3.05) is 26.2 Å². The van der Waals surface area contributed by atoms with Crippen LogP contribution in [-0.4, -0.2) is 52.2 Å². The lowest BCUT2D eigenvalue weighted by molar-refractivity contribution is 0.114. The molecule has 0 aliphatic carbocycles. The number of H-pyrrole nitrogens is 1. The molecule has 3 rings (SSSR count). The van der Waals surface area contributed by atoms with Crippen molar-refractivity contribution < 1.29 is 4.79 Å². The summed E-state index contributed by atoms with van der Waals surface area (Å²) in [7, 11) is 0. The maximum absolute atomic E-state index is 12.4. The smallest absolute Gasteiger partial charge is 0.317 e. The Morgan fingerprint density at radius 2 is 2.12 bits per heavy atom. The zero-order valence-corrected chi connectivity index (χ0v) is 15.3. The van der Waals surface area contributed by atoms with Gasteiger partial charge in [-0.05, 0) is 43.2 Å². The molecule has 7 heteroatoms. The van der Waals surface area contributed by atoms with Crippen LogP contribution in [0.4, 0.5) is 4.79 Å². The van der Waals surface area contributed by atoms with Gasteiger partial charge in [0.15, 0.2) is 0 Å². The molecule has 0 unspecified atom stereocenters. The highest BCUT2D eigenvalue weighted by molar-refractivity contribution is 7.07. The molecule has 2 aromatic rings. The van der Waals surface area contributed by atoms with Crippen molar-refractivity contribution in [3.8, 4) is 0 Å². The quantitative estimate of drug-likeness (QED) is 0.894. The van der Waals surface area contributed by atoms with Crippen molar-refractivity contribution in [1.82, 2.24) is 25.3 Å². The van der Waals surface area contributed by atoms with E-state index in [-0.39, 0.29) is 6.03 Å². The molecule has 1 aliphatic rings. The van der Waals surface area contributed by atoms with Crippen molar-refractivity contribution in [3.63, 3.8) is 0 Å². The molecule has 1 atom stereocenters. The maximum atomic E-state index is 12.4. The van der Waals surface area contributed by atoms with E-state index in [0.29, 0.717) is 12.6 Å². The number of aromatic amines is 1. The maximum Gasteiger partial charge on any atom is 0.317 e. The van der Waals surface area contributed by atoms with Crippen LogP contribution < -0.4 is 5.32 Å². The first-order valence-corrected chi connectivity index (χ1v) is 9.30. The molecule has 0 aromatic carbocycles. The summed E-state index contributed by atoms with van der Waals surface area (Å²) in [5, 5.41) is 14.5. The second-order valence-electron chi connectivity index (χ2n) is 6.33. The summed E-state index contributed by atoms with van der Waals surface area (Å²) in [4.78, 5) is 16.7. The molecule has 2 amide bonds. The Morgan fingerprint density at radius 1 is 1.38 bits per heavy atom. The van der Waals surface area contributed by atoms with Gasteiger partial charge in [0.1, 0.15) is 0 Å². The van der Waals surface area contributed by atoms with Gasteiger partial charge in [-0.15, -0.1) is 0 Å². The number of thiophene rings is 1. The van der Waals surface area contributed by atoms with E-state index in [1.54, 1.807) is 11.3 Å². The largest absolute Gasteiger partial charge is 0.334 e. The average Bonchev–Trinajstić information content (AvgIpc) is 3.23. The molecule has 1 aliphatic heterocycles. The number of nitrogens with zero attached hydrogens (tertiary/aromatic N) is 3. The highest BCUT2D eigenvalue weighted by Gasteiger charge is 2.25. The second kappa shape index (κ2) is 7.36. The van der Waals surface area contributed by atoms with E-state index in [0.717, 1.165) is 43.1 Å². The minimum absolute atomic E-state index is 0.0119. The minimum atomic E-state index is 0.0119. The normalized spacial score (nSPS) is 17.0. The van der Waals surface area contributed by atoms with E-state index in [2.05, 4.69) is 44.2 Å². The van der Waals surface area contributed by atoms with Crippen LogP contribution in [0.15, 0.2) is 16.8 Å². The van der Waals surface area contributed by atoms with Gasteiger partial charge in [-0.1, -0.05) is 0 Å². The molecule has 0 bridgehead atoms. The summed E-state index contributed by atoms with van der Waals surface area (Å²) in [6.45, 7) is 10.1. The topological polar surface area (TPSA) is 64.3 Å². The molecule has 3 heterocycles. The van der Waals surface area contributed by atoms with Crippen LogP contribution in [-0.2, 0) is 6.54 Å². The number of hydrogen-bond donors (Lipinski definition) is 2. The molecule has 0 radical (unpaired) electrons. The number of aryl methyl sites for hydroxylation is 2. The first-order chi connectivity index (χ1) is 11.6. The van der Waals surface area contributed by atoms with Crippen LogP contribution in [0.2, 0.25) is 0 Å². The Balaban J connectivity index is 1.48. The zero-order chi connectivity index (χ0) is 17.1. The first kappa shape index (κ1) is 17.0. The van der Waals surface area contributed by atoms with Gasteiger partial charge in [0.2, 0.25) is 0 Å². The van der Waals surface area contributed by atoms with Gasteiger partial charge in [0.25, 0.3) is 0 Å². The number of aromatic nitrogens is 2. The van der Waals surface area contributed by atoms with Gasteiger partial charge in [-0.3, -0.25) is 10.00 Å². The van der Waals surface area contributed by atoms with Gasteiger partial charge in [-0.2, -0.15) is 16.4 Å². The first-order valence-electron chi connectivity index (χ1n) is 8.35. The van der Waals surface area contributed by atoms with Crippen LogP contribution in [0, 0.1) is 13.8 Å². The molecule has 1 fully saturated rings. The lowest BCUT2D eigenvalue weighted by Crippen LogP contribution is -2.52. The molecule has 2 N–H and O–H groups in total. The Bertz CT molecular complexity index is 654.